The maximum Gasteiger partial charge on any atom is 0.106 e. The van der Waals surface area contributed by atoms with Gasteiger partial charge in [-0.1, -0.05) is 17.7 Å². The molecule has 0 atom stereocenters. The van der Waals surface area contributed by atoms with Gasteiger partial charge in [0, 0.05) is 19.8 Å². The molecule has 100 valence electrons. The predicted octanol–water partition coefficient (Wildman–Crippen LogP) is 4.18. The number of aromatic nitrogens is 1. The summed E-state index contributed by atoms with van der Waals surface area (Å²) in [6, 6.07) is 11.8. The molecule has 0 spiro atoms. The predicted molar refractivity (Wildman–Crippen MR) is 85.0 cm³/mol. The zero-order valence-electron chi connectivity index (χ0n) is 10.8. The number of halogens is 2. The number of hydrogen-bond acceptors (Lipinski definition) is 3. The summed E-state index contributed by atoms with van der Waals surface area (Å²) in [6.45, 7) is 0.664. The molecule has 2 rings (SSSR count). The summed E-state index contributed by atoms with van der Waals surface area (Å²) in [4.78, 5) is 6.36. The van der Waals surface area contributed by atoms with Gasteiger partial charge in [0.25, 0.3) is 0 Å². The van der Waals surface area contributed by atoms with Crippen molar-refractivity contribution in [2.24, 2.45) is 0 Å². The van der Waals surface area contributed by atoms with Crippen LogP contribution in [0, 0.1) is 0 Å². The number of hydrogen-bond donors (Lipinski definition) is 1. The van der Waals surface area contributed by atoms with E-state index in [2.05, 4.69) is 26.2 Å². The third kappa shape index (κ3) is 3.85. The van der Waals surface area contributed by atoms with Crippen molar-refractivity contribution in [1.29, 1.82) is 0 Å². The molecule has 1 N–H and O–H groups in total. The zero-order valence-corrected chi connectivity index (χ0v) is 13.2. The van der Waals surface area contributed by atoms with Crippen LogP contribution < -0.4 is 10.2 Å². The van der Waals surface area contributed by atoms with E-state index in [1.54, 1.807) is 0 Å². The van der Waals surface area contributed by atoms with E-state index in [0.29, 0.717) is 6.54 Å². The van der Waals surface area contributed by atoms with Crippen LogP contribution in [0.5, 0.6) is 0 Å². The van der Waals surface area contributed by atoms with E-state index in [1.807, 2.05) is 55.4 Å². The Morgan fingerprint density at radius 3 is 2.68 bits per heavy atom. The fourth-order valence-corrected chi connectivity index (χ4v) is 2.45. The maximum atomic E-state index is 6.23. The minimum absolute atomic E-state index is 0.664. The number of pyridine rings is 1. The molecule has 1 aromatic heterocycles. The Morgan fingerprint density at radius 2 is 2.05 bits per heavy atom. The van der Waals surface area contributed by atoms with Crippen LogP contribution in [0.1, 0.15) is 5.69 Å². The van der Waals surface area contributed by atoms with E-state index >= 15 is 0 Å². The molecule has 1 aromatic carbocycles. The normalized spacial score (nSPS) is 10.3. The molecule has 0 aliphatic heterocycles. The van der Waals surface area contributed by atoms with Gasteiger partial charge in [-0.15, -0.1) is 0 Å². The van der Waals surface area contributed by atoms with Gasteiger partial charge in [0.15, 0.2) is 0 Å². The first-order valence-corrected chi connectivity index (χ1v) is 7.05. The van der Waals surface area contributed by atoms with Gasteiger partial charge < -0.3 is 10.2 Å². The lowest BCUT2D eigenvalue weighted by Crippen LogP contribution is -2.09. The van der Waals surface area contributed by atoms with Gasteiger partial charge in [-0.05, 0) is 46.3 Å². The Balaban J connectivity index is 2.06. The summed E-state index contributed by atoms with van der Waals surface area (Å²) in [7, 11) is 3.94. The molecule has 3 nitrogen and oxygen atoms in total. The molecule has 0 fully saturated rings. The van der Waals surface area contributed by atoms with Gasteiger partial charge in [-0.2, -0.15) is 0 Å². The van der Waals surface area contributed by atoms with Crippen molar-refractivity contribution in [3.05, 3.63) is 51.7 Å². The molecule has 0 unspecified atom stereocenters. The van der Waals surface area contributed by atoms with E-state index in [9.17, 15) is 0 Å². The molecular formula is C14H15BrClN3. The molecule has 0 aliphatic carbocycles. The minimum atomic E-state index is 0.664. The lowest BCUT2D eigenvalue weighted by molar-refractivity contribution is 1.03. The number of rotatable bonds is 4. The van der Waals surface area contributed by atoms with E-state index < -0.39 is 0 Å². The zero-order chi connectivity index (χ0) is 13.8. The molecule has 0 aliphatic rings. The molecule has 2 aromatic rings. The third-order valence-electron chi connectivity index (χ3n) is 2.68. The quantitative estimate of drug-likeness (QED) is 0.847. The second kappa shape index (κ2) is 6.26. The first-order valence-electron chi connectivity index (χ1n) is 5.88. The molecule has 1 heterocycles. The minimum Gasteiger partial charge on any atom is -0.379 e. The van der Waals surface area contributed by atoms with Gasteiger partial charge in [0.1, 0.15) is 4.60 Å². The Bertz CT molecular complexity index is 572. The average Bonchev–Trinajstić information content (AvgIpc) is 2.36. The molecule has 0 saturated heterocycles. The highest BCUT2D eigenvalue weighted by atomic mass is 79.9. The summed E-state index contributed by atoms with van der Waals surface area (Å²) in [6.07, 6.45) is 0. The van der Waals surface area contributed by atoms with E-state index in [0.717, 1.165) is 26.7 Å². The Labute approximate surface area is 126 Å². The summed E-state index contributed by atoms with van der Waals surface area (Å²) in [5.41, 5.74) is 2.97. The van der Waals surface area contributed by atoms with Crippen molar-refractivity contribution in [1.82, 2.24) is 4.98 Å². The van der Waals surface area contributed by atoms with E-state index in [-0.39, 0.29) is 0 Å². The summed E-state index contributed by atoms with van der Waals surface area (Å²) >= 11 is 9.59. The van der Waals surface area contributed by atoms with Crippen molar-refractivity contribution >= 4 is 38.9 Å². The molecule has 19 heavy (non-hydrogen) atoms. The maximum absolute atomic E-state index is 6.23. The van der Waals surface area contributed by atoms with Crippen molar-refractivity contribution in [3.63, 3.8) is 0 Å². The van der Waals surface area contributed by atoms with Gasteiger partial charge in [-0.25, -0.2) is 4.98 Å². The number of nitrogens with zero attached hydrogens (tertiary/aromatic N) is 2. The van der Waals surface area contributed by atoms with Crippen molar-refractivity contribution in [2.45, 2.75) is 6.54 Å². The average molecular weight is 341 g/mol. The smallest absolute Gasteiger partial charge is 0.106 e. The summed E-state index contributed by atoms with van der Waals surface area (Å²) in [5, 5.41) is 4.04. The standard InChI is InChI=1S/C14H15BrClN3/c1-19(2)13-7-6-10(8-12(13)16)17-9-11-4-3-5-14(15)18-11/h3-8,17H,9H2,1-2H3. The molecule has 0 radical (unpaired) electrons. The van der Waals surface area contributed by atoms with Crippen molar-refractivity contribution in [2.75, 3.05) is 24.3 Å². The highest BCUT2D eigenvalue weighted by Crippen LogP contribution is 2.27. The first kappa shape index (κ1) is 14.2. The molecular weight excluding hydrogens is 326 g/mol. The summed E-state index contributed by atoms with van der Waals surface area (Å²) < 4.78 is 0.841. The highest BCUT2D eigenvalue weighted by Gasteiger charge is 2.04. The Kier molecular flexibility index (Phi) is 4.66. The Morgan fingerprint density at radius 1 is 1.26 bits per heavy atom. The SMILES string of the molecule is CN(C)c1ccc(NCc2cccc(Br)n2)cc1Cl. The highest BCUT2D eigenvalue weighted by molar-refractivity contribution is 9.10. The second-order valence-corrected chi connectivity index (χ2v) is 5.59. The second-order valence-electron chi connectivity index (χ2n) is 4.37. The molecule has 5 heteroatoms. The first-order chi connectivity index (χ1) is 9.06. The van der Waals surface area contributed by atoms with Gasteiger partial charge in [-0.3, -0.25) is 0 Å². The Hall–Kier alpha value is -1.26. The third-order valence-corrected chi connectivity index (χ3v) is 3.42. The topological polar surface area (TPSA) is 28.2 Å². The van der Waals surface area contributed by atoms with Crippen molar-refractivity contribution < 1.29 is 0 Å². The number of nitrogens with one attached hydrogen (secondary N) is 1. The molecule has 0 amide bonds. The van der Waals surface area contributed by atoms with Crippen LogP contribution in [0.4, 0.5) is 11.4 Å². The van der Waals surface area contributed by atoms with E-state index in [1.165, 1.54) is 0 Å². The van der Waals surface area contributed by atoms with Gasteiger partial charge in [0.05, 0.1) is 22.9 Å². The van der Waals surface area contributed by atoms with E-state index in [4.69, 9.17) is 11.6 Å². The number of anilines is 2. The summed E-state index contributed by atoms with van der Waals surface area (Å²) in [5.74, 6) is 0. The van der Waals surface area contributed by atoms with Crippen LogP contribution in [0.15, 0.2) is 41.0 Å². The lowest BCUT2D eigenvalue weighted by Gasteiger charge is -2.15. The fraction of sp³-hybridized carbons (Fsp3) is 0.214. The van der Waals surface area contributed by atoms with Crippen LogP contribution in [0.3, 0.4) is 0 Å². The van der Waals surface area contributed by atoms with Crippen molar-refractivity contribution in [3.8, 4) is 0 Å². The largest absolute Gasteiger partial charge is 0.379 e. The molecule has 0 bridgehead atoms. The number of benzene rings is 1. The van der Waals surface area contributed by atoms with Crippen LogP contribution in [-0.4, -0.2) is 19.1 Å². The fourth-order valence-electron chi connectivity index (χ4n) is 1.72. The van der Waals surface area contributed by atoms with Gasteiger partial charge in [0.2, 0.25) is 0 Å². The van der Waals surface area contributed by atoms with Crippen LogP contribution in [-0.2, 0) is 6.54 Å². The monoisotopic (exact) mass is 339 g/mol. The molecule has 0 saturated carbocycles. The van der Waals surface area contributed by atoms with Crippen LogP contribution >= 0.6 is 27.5 Å². The van der Waals surface area contributed by atoms with Crippen LogP contribution in [0.2, 0.25) is 5.02 Å². The lowest BCUT2D eigenvalue weighted by atomic mass is 10.2. The van der Waals surface area contributed by atoms with Gasteiger partial charge >= 0.3 is 0 Å². The van der Waals surface area contributed by atoms with Crippen LogP contribution in [0.25, 0.3) is 0 Å².